The third-order valence-corrected chi connectivity index (χ3v) is 7.12. The third-order valence-electron chi connectivity index (χ3n) is 3.93. The number of hydrogen-bond acceptors (Lipinski definition) is 3. The van der Waals surface area contributed by atoms with Crippen molar-refractivity contribution >= 4 is 35.3 Å². The zero-order valence-electron chi connectivity index (χ0n) is 11.4. The number of benzene rings is 1. The molecule has 1 aromatic rings. The van der Waals surface area contributed by atoms with Crippen molar-refractivity contribution in [3.63, 3.8) is 0 Å². The van der Waals surface area contributed by atoms with E-state index < -0.39 is 0 Å². The van der Waals surface area contributed by atoms with Crippen molar-refractivity contribution in [1.29, 1.82) is 0 Å². The first kappa shape index (κ1) is 14.2. The SMILES string of the molecule is c1c2cc3cc1CSCCC(CCSC2)CCSC3. The molecule has 0 nitrogen and oxygen atoms in total. The van der Waals surface area contributed by atoms with Gasteiger partial charge in [0.2, 0.25) is 0 Å². The van der Waals surface area contributed by atoms with Crippen LogP contribution in [0.1, 0.15) is 36.0 Å². The molecule has 0 spiro atoms. The van der Waals surface area contributed by atoms with Crippen molar-refractivity contribution in [1.82, 2.24) is 0 Å². The largest absolute Gasteiger partial charge is 0.157 e. The van der Waals surface area contributed by atoms with E-state index in [-0.39, 0.29) is 0 Å². The van der Waals surface area contributed by atoms with Crippen molar-refractivity contribution in [2.75, 3.05) is 17.3 Å². The number of hydrogen-bond donors (Lipinski definition) is 0. The van der Waals surface area contributed by atoms with Gasteiger partial charge in [0.25, 0.3) is 0 Å². The van der Waals surface area contributed by atoms with E-state index in [0.29, 0.717) is 0 Å². The summed E-state index contributed by atoms with van der Waals surface area (Å²) in [5, 5.41) is 0. The van der Waals surface area contributed by atoms with E-state index >= 15 is 0 Å². The summed E-state index contributed by atoms with van der Waals surface area (Å²) in [4.78, 5) is 0. The maximum atomic E-state index is 2.44. The Balaban J connectivity index is 1.88. The van der Waals surface area contributed by atoms with E-state index in [4.69, 9.17) is 0 Å². The second-order valence-electron chi connectivity index (χ2n) is 5.55. The van der Waals surface area contributed by atoms with Crippen molar-refractivity contribution < 1.29 is 0 Å². The molecule has 104 valence electrons. The minimum absolute atomic E-state index is 0.970. The Hall–Kier alpha value is 0.270. The summed E-state index contributed by atoms with van der Waals surface area (Å²) in [6.07, 6.45) is 4.29. The summed E-state index contributed by atoms with van der Waals surface area (Å²) in [5.41, 5.74) is 4.66. The molecule has 0 fully saturated rings. The standard InChI is InChI=1S/C16H22S3/c1-4-17-10-14-7-15-9-16(8-14)12-19-6-3-13(1)2-5-18-11-15/h7-9,13H,1-6,10-12H2. The molecule has 1 aromatic carbocycles. The Bertz CT molecular complexity index is 342. The monoisotopic (exact) mass is 310 g/mol. The van der Waals surface area contributed by atoms with Gasteiger partial charge in [0.1, 0.15) is 0 Å². The molecule has 3 aliphatic heterocycles. The van der Waals surface area contributed by atoms with Gasteiger partial charge in [0.15, 0.2) is 0 Å². The van der Waals surface area contributed by atoms with Crippen LogP contribution in [0.4, 0.5) is 0 Å². The first-order valence-corrected chi connectivity index (χ1v) is 10.7. The molecule has 4 rings (SSSR count). The molecule has 3 heterocycles. The smallest absolute Gasteiger partial charge is 0.0184 e. The molecule has 4 bridgehead atoms. The van der Waals surface area contributed by atoms with Crippen LogP contribution in [0.25, 0.3) is 0 Å². The lowest BCUT2D eigenvalue weighted by Gasteiger charge is -2.19. The Morgan fingerprint density at radius 3 is 1.37 bits per heavy atom. The van der Waals surface area contributed by atoms with Crippen LogP contribution in [0.2, 0.25) is 0 Å². The minimum Gasteiger partial charge on any atom is -0.157 e. The van der Waals surface area contributed by atoms with E-state index in [1.54, 1.807) is 16.7 Å². The average Bonchev–Trinajstić information content (AvgIpc) is 2.40. The molecule has 0 aromatic heterocycles. The van der Waals surface area contributed by atoms with Crippen molar-refractivity contribution in [2.45, 2.75) is 36.5 Å². The molecule has 0 atom stereocenters. The van der Waals surface area contributed by atoms with Crippen molar-refractivity contribution in [3.8, 4) is 0 Å². The van der Waals surface area contributed by atoms with Crippen LogP contribution in [0, 0.1) is 5.92 Å². The molecule has 0 radical (unpaired) electrons. The van der Waals surface area contributed by atoms with E-state index in [1.165, 1.54) is 53.8 Å². The predicted molar refractivity (Wildman–Crippen MR) is 92.3 cm³/mol. The molecule has 0 saturated carbocycles. The molecule has 0 unspecified atom stereocenters. The van der Waals surface area contributed by atoms with E-state index in [1.807, 2.05) is 0 Å². The maximum Gasteiger partial charge on any atom is 0.0184 e. The van der Waals surface area contributed by atoms with E-state index in [9.17, 15) is 0 Å². The molecular weight excluding hydrogens is 288 g/mol. The van der Waals surface area contributed by atoms with Crippen LogP contribution in [0.5, 0.6) is 0 Å². The molecular formula is C16H22S3. The number of fused-ring (bicyclic) bond motifs is 9. The second kappa shape index (κ2) is 7.33. The Morgan fingerprint density at radius 2 is 1.00 bits per heavy atom. The lowest BCUT2D eigenvalue weighted by Crippen LogP contribution is -2.07. The summed E-state index contributed by atoms with van der Waals surface area (Å²) in [6, 6.07) is 7.33. The van der Waals surface area contributed by atoms with Gasteiger partial charge >= 0.3 is 0 Å². The molecule has 0 aliphatic carbocycles. The van der Waals surface area contributed by atoms with E-state index in [0.717, 1.165) is 5.92 Å². The van der Waals surface area contributed by atoms with Gasteiger partial charge in [-0.25, -0.2) is 0 Å². The quantitative estimate of drug-likeness (QED) is 0.646. The summed E-state index contributed by atoms with van der Waals surface area (Å²) in [5.74, 6) is 8.64. The average molecular weight is 311 g/mol. The van der Waals surface area contributed by atoms with Crippen molar-refractivity contribution in [3.05, 3.63) is 34.9 Å². The van der Waals surface area contributed by atoms with Crippen LogP contribution in [0.3, 0.4) is 0 Å². The van der Waals surface area contributed by atoms with Gasteiger partial charge < -0.3 is 0 Å². The van der Waals surface area contributed by atoms with Gasteiger partial charge in [-0.2, -0.15) is 35.3 Å². The Labute approximate surface area is 129 Å². The van der Waals surface area contributed by atoms with Gasteiger partial charge in [0.05, 0.1) is 0 Å². The summed E-state index contributed by atoms with van der Waals surface area (Å²) < 4.78 is 0. The van der Waals surface area contributed by atoms with Gasteiger partial charge in [-0.3, -0.25) is 0 Å². The number of rotatable bonds is 0. The molecule has 0 N–H and O–H groups in total. The van der Waals surface area contributed by atoms with Crippen LogP contribution < -0.4 is 0 Å². The lowest BCUT2D eigenvalue weighted by atomic mass is 10.0. The van der Waals surface area contributed by atoms with Crippen LogP contribution in [-0.4, -0.2) is 17.3 Å². The summed E-state index contributed by atoms with van der Waals surface area (Å²) >= 11 is 6.42. The highest BCUT2D eigenvalue weighted by Gasteiger charge is 2.12. The zero-order valence-corrected chi connectivity index (χ0v) is 13.8. The zero-order chi connectivity index (χ0) is 12.9. The van der Waals surface area contributed by atoms with Gasteiger partial charge in [-0.05, 0) is 59.1 Å². The summed E-state index contributed by atoms with van der Waals surface area (Å²) in [6.45, 7) is 0. The highest BCUT2D eigenvalue weighted by Crippen LogP contribution is 2.29. The van der Waals surface area contributed by atoms with Crippen LogP contribution in [-0.2, 0) is 17.3 Å². The Kier molecular flexibility index (Phi) is 5.48. The minimum atomic E-state index is 0.970. The van der Waals surface area contributed by atoms with Crippen molar-refractivity contribution in [2.24, 2.45) is 5.92 Å². The van der Waals surface area contributed by atoms with Crippen LogP contribution >= 0.6 is 35.3 Å². The molecule has 0 saturated heterocycles. The highest BCUT2D eigenvalue weighted by atomic mass is 32.2. The van der Waals surface area contributed by atoms with Gasteiger partial charge in [-0.15, -0.1) is 0 Å². The molecule has 3 heteroatoms. The first-order valence-electron chi connectivity index (χ1n) is 7.25. The molecule has 0 amide bonds. The first-order chi connectivity index (χ1) is 9.40. The van der Waals surface area contributed by atoms with Gasteiger partial charge in [0, 0.05) is 17.3 Å². The maximum absolute atomic E-state index is 2.44. The molecule has 19 heavy (non-hydrogen) atoms. The predicted octanol–water partition coefficient (Wildman–Crippen LogP) is 5.20. The fourth-order valence-corrected chi connectivity index (χ4v) is 5.98. The van der Waals surface area contributed by atoms with Gasteiger partial charge in [-0.1, -0.05) is 18.2 Å². The third kappa shape index (κ3) is 4.37. The normalized spacial score (nSPS) is 22.1. The highest BCUT2D eigenvalue weighted by molar-refractivity contribution is 7.99. The fourth-order valence-electron chi connectivity index (χ4n) is 2.84. The van der Waals surface area contributed by atoms with E-state index in [2.05, 4.69) is 53.5 Å². The molecule has 3 aliphatic rings. The topological polar surface area (TPSA) is 0 Å². The Morgan fingerprint density at radius 1 is 0.632 bits per heavy atom. The summed E-state index contributed by atoms with van der Waals surface area (Å²) in [7, 11) is 0. The number of thioether (sulfide) groups is 3. The fraction of sp³-hybridized carbons (Fsp3) is 0.625. The lowest BCUT2D eigenvalue weighted by molar-refractivity contribution is 0.488. The van der Waals surface area contributed by atoms with Crippen LogP contribution in [0.15, 0.2) is 18.2 Å². The second-order valence-corrected chi connectivity index (χ2v) is 8.86.